The molecule has 0 aromatic heterocycles. The van der Waals surface area contributed by atoms with Gasteiger partial charge in [0.2, 0.25) is 0 Å². The summed E-state index contributed by atoms with van der Waals surface area (Å²) in [5, 5.41) is 10.3. The topological polar surface area (TPSA) is 23.5 Å². The Morgan fingerprint density at radius 1 is 1.19 bits per heavy atom. The second kappa shape index (κ2) is 5.83. The zero-order chi connectivity index (χ0) is 11.4. The Balaban J connectivity index is 1.92. The average molecular weight is 290 g/mol. The third kappa shape index (κ3) is 2.80. The van der Waals surface area contributed by atoms with Crippen molar-refractivity contribution in [3.63, 3.8) is 0 Å². The third-order valence-corrected chi connectivity index (χ3v) is 5.65. The maximum absolute atomic E-state index is 9.18. The molecule has 1 N–H and O–H groups in total. The fraction of sp³-hybridized carbons (Fsp3) is 1.00. The van der Waals surface area contributed by atoms with E-state index in [0.29, 0.717) is 12.0 Å². The molecule has 2 saturated carbocycles. The van der Waals surface area contributed by atoms with Gasteiger partial charge in [0.15, 0.2) is 0 Å². The van der Waals surface area contributed by atoms with Crippen LogP contribution in [0.15, 0.2) is 0 Å². The van der Waals surface area contributed by atoms with Crippen LogP contribution in [0.3, 0.4) is 0 Å². The van der Waals surface area contributed by atoms with E-state index in [2.05, 4.69) is 20.8 Å². The van der Waals surface area contributed by atoms with Gasteiger partial charge in [-0.05, 0) is 31.1 Å². The summed E-state index contributed by atoms with van der Waals surface area (Å²) < 4.78 is 0. The summed E-state index contributed by atoms with van der Waals surface area (Å²) in [4.78, 5) is 2.55. The van der Waals surface area contributed by atoms with Crippen molar-refractivity contribution in [2.24, 2.45) is 5.41 Å². The van der Waals surface area contributed by atoms with Crippen LogP contribution in [0, 0.1) is 5.41 Å². The van der Waals surface area contributed by atoms with Crippen LogP contribution >= 0.6 is 15.9 Å². The first-order chi connectivity index (χ1) is 7.79. The molecule has 0 amide bonds. The van der Waals surface area contributed by atoms with Gasteiger partial charge in [-0.2, -0.15) is 0 Å². The average Bonchev–Trinajstić information content (AvgIpc) is 2.65. The molecule has 0 aromatic rings. The number of halogens is 1. The number of aliphatic hydroxyl groups excluding tert-OH is 1. The summed E-state index contributed by atoms with van der Waals surface area (Å²) in [6, 6.07) is 0.767. The highest BCUT2D eigenvalue weighted by Gasteiger charge is 2.37. The van der Waals surface area contributed by atoms with Crippen LogP contribution in [-0.4, -0.2) is 41.1 Å². The van der Waals surface area contributed by atoms with Crippen molar-refractivity contribution < 1.29 is 5.11 Å². The smallest absolute Gasteiger partial charge is 0.0558 e. The van der Waals surface area contributed by atoms with Crippen LogP contribution in [0.1, 0.15) is 44.9 Å². The zero-order valence-electron chi connectivity index (χ0n) is 10.1. The van der Waals surface area contributed by atoms with E-state index in [-0.39, 0.29) is 0 Å². The second-order valence-corrected chi connectivity index (χ2v) is 6.18. The first-order valence-electron chi connectivity index (χ1n) is 6.70. The van der Waals surface area contributed by atoms with Crippen molar-refractivity contribution in [3.8, 4) is 0 Å². The Morgan fingerprint density at radius 2 is 1.88 bits per heavy atom. The summed E-state index contributed by atoms with van der Waals surface area (Å²) >= 11 is 3.71. The van der Waals surface area contributed by atoms with E-state index in [9.17, 15) is 5.11 Å². The molecule has 3 heteroatoms. The van der Waals surface area contributed by atoms with Gasteiger partial charge in [0, 0.05) is 24.5 Å². The molecule has 2 aliphatic rings. The fourth-order valence-corrected chi connectivity index (χ4v) is 3.90. The molecule has 2 fully saturated rings. The Kier molecular flexibility index (Phi) is 4.68. The van der Waals surface area contributed by atoms with E-state index >= 15 is 0 Å². The van der Waals surface area contributed by atoms with Gasteiger partial charge in [0.25, 0.3) is 0 Å². The van der Waals surface area contributed by atoms with Gasteiger partial charge in [0.05, 0.1) is 6.61 Å². The SMILES string of the molecule is OCCN(CC1(CBr)CCCC1)C1CCC1. The molecule has 16 heavy (non-hydrogen) atoms. The van der Waals surface area contributed by atoms with Gasteiger partial charge in [-0.15, -0.1) is 0 Å². The highest BCUT2D eigenvalue weighted by atomic mass is 79.9. The van der Waals surface area contributed by atoms with Gasteiger partial charge in [-0.25, -0.2) is 0 Å². The summed E-state index contributed by atoms with van der Waals surface area (Å²) in [7, 11) is 0. The number of aliphatic hydroxyl groups is 1. The summed E-state index contributed by atoms with van der Waals surface area (Å²) in [6.07, 6.45) is 9.59. The molecule has 0 unspecified atom stereocenters. The number of nitrogens with zero attached hydrogens (tertiary/aromatic N) is 1. The predicted octanol–water partition coefficient (Wildman–Crippen LogP) is 2.79. The minimum Gasteiger partial charge on any atom is -0.395 e. The Bertz CT molecular complexity index is 212. The number of alkyl halides is 1. The Labute approximate surface area is 108 Å². The van der Waals surface area contributed by atoms with Crippen molar-refractivity contribution in [1.29, 1.82) is 0 Å². The quantitative estimate of drug-likeness (QED) is 0.760. The molecule has 0 aromatic carbocycles. The van der Waals surface area contributed by atoms with Crippen molar-refractivity contribution in [2.45, 2.75) is 51.0 Å². The van der Waals surface area contributed by atoms with Crippen molar-refractivity contribution in [1.82, 2.24) is 4.90 Å². The minimum atomic E-state index is 0.314. The normalized spacial score (nSPS) is 24.9. The van der Waals surface area contributed by atoms with Gasteiger partial charge in [-0.3, -0.25) is 4.90 Å². The van der Waals surface area contributed by atoms with Gasteiger partial charge in [-0.1, -0.05) is 35.2 Å². The molecule has 2 nitrogen and oxygen atoms in total. The van der Waals surface area contributed by atoms with E-state index in [1.807, 2.05) is 0 Å². The van der Waals surface area contributed by atoms with Crippen molar-refractivity contribution in [3.05, 3.63) is 0 Å². The first-order valence-corrected chi connectivity index (χ1v) is 7.83. The molecular formula is C13H24BrNO. The summed E-state index contributed by atoms with van der Waals surface area (Å²) in [6.45, 7) is 2.39. The number of hydrogen-bond acceptors (Lipinski definition) is 2. The molecule has 0 aliphatic heterocycles. The maximum atomic E-state index is 9.18. The lowest BCUT2D eigenvalue weighted by Crippen LogP contribution is -2.47. The molecular weight excluding hydrogens is 266 g/mol. The lowest BCUT2D eigenvalue weighted by Gasteiger charge is -2.42. The maximum Gasteiger partial charge on any atom is 0.0558 e. The molecule has 0 radical (unpaired) electrons. The van der Waals surface area contributed by atoms with Crippen LogP contribution in [0.25, 0.3) is 0 Å². The highest BCUT2D eigenvalue weighted by Crippen LogP contribution is 2.41. The van der Waals surface area contributed by atoms with E-state index in [1.54, 1.807) is 0 Å². The first kappa shape index (κ1) is 12.8. The monoisotopic (exact) mass is 289 g/mol. The molecule has 0 saturated heterocycles. The van der Waals surface area contributed by atoms with Crippen LogP contribution in [0.2, 0.25) is 0 Å². The molecule has 94 valence electrons. The molecule has 0 atom stereocenters. The second-order valence-electron chi connectivity index (χ2n) is 5.62. The summed E-state index contributed by atoms with van der Waals surface area (Å²) in [5.74, 6) is 0. The van der Waals surface area contributed by atoms with E-state index in [0.717, 1.165) is 17.9 Å². The minimum absolute atomic E-state index is 0.314. The van der Waals surface area contributed by atoms with Crippen molar-refractivity contribution in [2.75, 3.05) is 25.0 Å². The lowest BCUT2D eigenvalue weighted by molar-refractivity contribution is 0.0625. The molecule has 0 bridgehead atoms. The van der Waals surface area contributed by atoms with Crippen molar-refractivity contribution >= 4 is 15.9 Å². The molecule has 2 rings (SSSR count). The largest absolute Gasteiger partial charge is 0.395 e. The van der Waals surface area contributed by atoms with E-state index in [4.69, 9.17) is 0 Å². The molecule has 0 heterocycles. The zero-order valence-corrected chi connectivity index (χ0v) is 11.7. The standard InChI is InChI=1S/C13H24BrNO/c14-10-13(6-1-2-7-13)11-15(8-9-16)12-4-3-5-12/h12,16H,1-11H2. The molecule has 0 spiro atoms. The summed E-state index contributed by atoms with van der Waals surface area (Å²) in [5.41, 5.74) is 0.505. The van der Waals surface area contributed by atoms with Crippen LogP contribution in [0.4, 0.5) is 0 Å². The van der Waals surface area contributed by atoms with Gasteiger partial charge >= 0.3 is 0 Å². The van der Waals surface area contributed by atoms with Crippen LogP contribution < -0.4 is 0 Å². The van der Waals surface area contributed by atoms with E-state index < -0.39 is 0 Å². The lowest BCUT2D eigenvalue weighted by atomic mass is 9.84. The van der Waals surface area contributed by atoms with Gasteiger partial charge < -0.3 is 5.11 Å². The molecule has 2 aliphatic carbocycles. The highest BCUT2D eigenvalue weighted by molar-refractivity contribution is 9.09. The fourth-order valence-electron chi connectivity index (χ4n) is 3.16. The Morgan fingerprint density at radius 3 is 2.31 bits per heavy atom. The van der Waals surface area contributed by atoms with Crippen LogP contribution in [0.5, 0.6) is 0 Å². The number of rotatable bonds is 6. The number of hydrogen-bond donors (Lipinski definition) is 1. The van der Waals surface area contributed by atoms with E-state index in [1.165, 1.54) is 51.5 Å². The van der Waals surface area contributed by atoms with Gasteiger partial charge in [0.1, 0.15) is 0 Å². The third-order valence-electron chi connectivity index (χ3n) is 4.46. The predicted molar refractivity (Wildman–Crippen MR) is 71.0 cm³/mol. The Hall–Kier alpha value is 0.400. The van der Waals surface area contributed by atoms with Crippen LogP contribution in [-0.2, 0) is 0 Å².